The molecule has 1 heterocycles. The number of phenolic OH excluding ortho intramolecular Hbond substituents is 1. The fraction of sp³-hybridized carbons (Fsp3) is 0.294. The summed E-state index contributed by atoms with van der Waals surface area (Å²) in [5.74, 6) is -4.30. The van der Waals surface area contributed by atoms with Gasteiger partial charge in [0, 0.05) is 23.3 Å². The zero-order valence-corrected chi connectivity index (χ0v) is 12.9. The van der Waals surface area contributed by atoms with E-state index in [0.29, 0.717) is 10.8 Å². The number of ketones is 1. The number of rotatable bonds is 2. The van der Waals surface area contributed by atoms with Gasteiger partial charge in [-0.3, -0.25) is 9.59 Å². The van der Waals surface area contributed by atoms with Crippen LogP contribution in [0.5, 0.6) is 11.5 Å². The van der Waals surface area contributed by atoms with Crippen molar-refractivity contribution in [2.45, 2.75) is 25.6 Å². The van der Waals surface area contributed by atoms with Crippen molar-refractivity contribution in [1.82, 2.24) is 0 Å². The Morgan fingerprint density at radius 1 is 1.26 bits per heavy atom. The first-order valence-electron chi connectivity index (χ1n) is 7.07. The third kappa shape index (κ3) is 2.06. The Kier molecular flexibility index (Phi) is 3.30. The van der Waals surface area contributed by atoms with Crippen molar-refractivity contribution >= 4 is 22.5 Å². The molecule has 0 radical (unpaired) electrons. The van der Waals surface area contributed by atoms with Gasteiger partial charge in [-0.25, -0.2) is 0 Å². The molecule has 0 amide bonds. The lowest BCUT2D eigenvalue weighted by molar-refractivity contribution is -0.165. The third-order valence-electron chi connectivity index (χ3n) is 4.10. The average Bonchev–Trinajstić information content (AvgIpc) is 2.77. The lowest BCUT2D eigenvalue weighted by Gasteiger charge is -2.22. The highest BCUT2D eigenvalue weighted by molar-refractivity contribution is 6.09. The van der Waals surface area contributed by atoms with Crippen LogP contribution in [0.15, 0.2) is 24.3 Å². The fourth-order valence-electron chi connectivity index (χ4n) is 3.14. The summed E-state index contributed by atoms with van der Waals surface area (Å²) in [6, 6.07) is 6.77. The van der Waals surface area contributed by atoms with Crippen LogP contribution in [-0.2, 0) is 9.53 Å². The van der Waals surface area contributed by atoms with Gasteiger partial charge in [-0.1, -0.05) is 24.3 Å². The summed E-state index contributed by atoms with van der Waals surface area (Å²) < 4.78 is 10.3. The van der Waals surface area contributed by atoms with E-state index in [0.717, 1.165) is 0 Å². The van der Waals surface area contributed by atoms with Gasteiger partial charge in [-0.2, -0.15) is 0 Å². The number of hydrogen-bond donors (Lipinski definition) is 2. The number of carbonyl (C=O) groups is 2. The van der Waals surface area contributed by atoms with Crippen molar-refractivity contribution in [3.63, 3.8) is 0 Å². The van der Waals surface area contributed by atoms with Gasteiger partial charge in [0.25, 0.3) is 0 Å². The number of aromatic hydroxyl groups is 1. The Morgan fingerprint density at radius 2 is 1.87 bits per heavy atom. The van der Waals surface area contributed by atoms with Crippen molar-refractivity contribution in [1.29, 1.82) is 0 Å². The largest absolute Gasteiger partial charge is 0.507 e. The second-order valence-electron chi connectivity index (χ2n) is 5.68. The minimum absolute atomic E-state index is 0.0353. The molecule has 0 fully saturated rings. The van der Waals surface area contributed by atoms with Gasteiger partial charge < -0.3 is 19.7 Å². The first-order valence-corrected chi connectivity index (χ1v) is 7.07. The Bertz CT molecular complexity index is 837. The lowest BCUT2D eigenvalue weighted by atomic mass is 9.86. The summed E-state index contributed by atoms with van der Waals surface area (Å²) in [7, 11) is 1.19. The molecule has 1 aliphatic rings. The highest BCUT2D eigenvalue weighted by Gasteiger charge is 2.52. The Labute approximate surface area is 132 Å². The van der Waals surface area contributed by atoms with Crippen LogP contribution in [0.4, 0.5) is 0 Å². The minimum Gasteiger partial charge on any atom is -0.507 e. The molecule has 0 saturated carbocycles. The molecule has 6 heteroatoms. The van der Waals surface area contributed by atoms with Gasteiger partial charge in [0.1, 0.15) is 11.5 Å². The molecule has 0 saturated heterocycles. The highest BCUT2D eigenvalue weighted by atomic mass is 16.6. The van der Waals surface area contributed by atoms with Gasteiger partial charge in [0.2, 0.25) is 5.79 Å². The number of hydrogen-bond acceptors (Lipinski definition) is 6. The summed E-state index contributed by atoms with van der Waals surface area (Å²) in [6.07, 6.45) is 0. The summed E-state index contributed by atoms with van der Waals surface area (Å²) in [5.41, 5.74) is 0.123. The first kappa shape index (κ1) is 15.3. The maximum Gasteiger partial charge on any atom is 0.320 e. The molecule has 1 aliphatic heterocycles. The van der Waals surface area contributed by atoms with Gasteiger partial charge in [0.05, 0.1) is 12.7 Å². The molecule has 0 aromatic heterocycles. The van der Waals surface area contributed by atoms with Crippen LogP contribution >= 0.6 is 0 Å². The van der Waals surface area contributed by atoms with Crippen LogP contribution < -0.4 is 4.74 Å². The number of fused-ring (bicyclic) bond motifs is 3. The first-order chi connectivity index (χ1) is 10.8. The van der Waals surface area contributed by atoms with E-state index in [9.17, 15) is 19.8 Å². The number of phenols is 1. The number of aliphatic hydroxyl groups is 1. The van der Waals surface area contributed by atoms with Crippen molar-refractivity contribution in [3.05, 3.63) is 35.4 Å². The van der Waals surface area contributed by atoms with Crippen molar-refractivity contribution in [2.75, 3.05) is 7.11 Å². The summed E-state index contributed by atoms with van der Waals surface area (Å²) >= 11 is 0. The van der Waals surface area contributed by atoms with Crippen LogP contribution in [0.25, 0.3) is 10.8 Å². The van der Waals surface area contributed by atoms with Crippen molar-refractivity contribution in [3.8, 4) is 11.5 Å². The summed E-state index contributed by atoms with van der Waals surface area (Å²) in [5, 5.41) is 22.0. The van der Waals surface area contributed by atoms with Gasteiger partial charge >= 0.3 is 5.97 Å². The van der Waals surface area contributed by atoms with E-state index in [1.54, 1.807) is 24.3 Å². The number of ether oxygens (including phenoxy) is 2. The van der Waals surface area contributed by atoms with E-state index in [1.807, 2.05) is 0 Å². The SMILES string of the molecule is COC(=O)[C@H]1c2c(C(C)=O)c(O)c3ccccc3c2O[C@]1(C)O. The smallest absolute Gasteiger partial charge is 0.320 e. The Hall–Kier alpha value is -2.60. The molecule has 0 aliphatic carbocycles. The molecule has 2 N–H and O–H groups in total. The topological polar surface area (TPSA) is 93.1 Å². The van der Waals surface area contributed by atoms with E-state index in [1.165, 1.54) is 21.0 Å². The monoisotopic (exact) mass is 316 g/mol. The molecular weight excluding hydrogens is 300 g/mol. The van der Waals surface area contributed by atoms with Crippen LogP contribution in [0.1, 0.15) is 35.7 Å². The summed E-state index contributed by atoms with van der Waals surface area (Å²) in [4.78, 5) is 24.2. The van der Waals surface area contributed by atoms with Crippen LogP contribution in [0.3, 0.4) is 0 Å². The van der Waals surface area contributed by atoms with E-state index >= 15 is 0 Å². The lowest BCUT2D eigenvalue weighted by Crippen LogP contribution is -2.39. The molecule has 120 valence electrons. The Balaban J connectivity index is 2.47. The zero-order valence-electron chi connectivity index (χ0n) is 12.9. The standard InChI is InChI=1S/C17H16O6/c1-8(18)11-12-13(16(20)22-3)17(2,21)23-15(12)10-7-5-4-6-9(10)14(11)19/h4-7,13,19,21H,1-3H3/t13-,17+/m1/s1. The van der Waals surface area contributed by atoms with E-state index in [2.05, 4.69) is 0 Å². The number of esters is 1. The molecule has 0 spiro atoms. The normalized spacial score (nSPS) is 22.5. The van der Waals surface area contributed by atoms with Crippen molar-refractivity contribution in [2.24, 2.45) is 0 Å². The van der Waals surface area contributed by atoms with Gasteiger partial charge in [0.15, 0.2) is 11.7 Å². The molecule has 23 heavy (non-hydrogen) atoms. The van der Waals surface area contributed by atoms with Gasteiger partial charge in [-0.05, 0) is 6.92 Å². The number of carbonyl (C=O) groups excluding carboxylic acids is 2. The molecule has 0 unspecified atom stereocenters. The van der Waals surface area contributed by atoms with Gasteiger partial charge in [-0.15, -0.1) is 0 Å². The van der Waals surface area contributed by atoms with Crippen LogP contribution in [0, 0.1) is 0 Å². The molecule has 2 atom stereocenters. The molecule has 3 rings (SSSR count). The molecule has 2 aromatic carbocycles. The van der Waals surface area contributed by atoms with Crippen LogP contribution in [0.2, 0.25) is 0 Å². The number of benzene rings is 2. The highest BCUT2D eigenvalue weighted by Crippen LogP contribution is 2.52. The predicted octanol–water partition coefficient (Wildman–Crippen LogP) is 2.11. The zero-order chi connectivity index (χ0) is 16.9. The molecular formula is C17H16O6. The fourth-order valence-corrected chi connectivity index (χ4v) is 3.14. The molecule has 0 bridgehead atoms. The molecule has 2 aromatic rings. The molecule has 6 nitrogen and oxygen atoms in total. The van der Waals surface area contributed by atoms with Crippen molar-refractivity contribution < 1.29 is 29.3 Å². The average molecular weight is 316 g/mol. The maximum absolute atomic E-state index is 12.2. The van der Waals surface area contributed by atoms with E-state index < -0.39 is 23.5 Å². The second kappa shape index (κ2) is 4.96. The quantitative estimate of drug-likeness (QED) is 0.651. The van der Waals surface area contributed by atoms with E-state index in [-0.39, 0.29) is 22.6 Å². The van der Waals surface area contributed by atoms with Crippen LogP contribution in [-0.4, -0.2) is 34.9 Å². The number of methoxy groups -OCH3 is 1. The third-order valence-corrected chi connectivity index (χ3v) is 4.10. The Morgan fingerprint density at radius 3 is 2.43 bits per heavy atom. The summed E-state index contributed by atoms with van der Waals surface area (Å²) in [6.45, 7) is 2.61. The number of Topliss-reactive ketones (excluding diaryl/α,β-unsaturated/α-hetero) is 1. The maximum atomic E-state index is 12.2. The van der Waals surface area contributed by atoms with E-state index in [4.69, 9.17) is 9.47 Å². The predicted molar refractivity (Wildman–Crippen MR) is 81.6 cm³/mol. The second-order valence-corrected chi connectivity index (χ2v) is 5.68. The minimum atomic E-state index is -1.88.